The van der Waals surface area contributed by atoms with E-state index in [1.165, 1.54) is 12.8 Å². The molecule has 2 bridgehead atoms. The van der Waals surface area contributed by atoms with E-state index in [9.17, 15) is 9.59 Å². The van der Waals surface area contributed by atoms with Crippen LogP contribution in [0.4, 0.5) is 10.5 Å². The van der Waals surface area contributed by atoms with Crippen LogP contribution < -0.4 is 16.0 Å². The van der Waals surface area contributed by atoms with Gasteiger partial charge in [-0.1, -0.05) is 18.2 Å². The summed E-state index contributed by atoms with van der Waals surface area (Å²) in [6.45, 7) is 1.36. The third kappa shape index (κ3) is 5.39. The smallest absolute Gasteiger partial charge is 0.321 e. The number of hydrogen-bond donors (Lipinski definition) is 3. The lowest BCUT2D eigenvalue weighted by Gasteiger charge is -2.33. The molecule has 6 nitrogen and oxygen atoms in total. The van der Waals surface area contributed by atoms with Gasteiger partial charge in [-0.25, -0.2) is 4.79 Å². The number of piperidine rings is 2. The number of fused-ring (bicyclic) bond motifs is 2. The highest BCUT2D eigenvalue weighted by atomic mass is 35.5. The Balaban J connectivity index is 0.00000225. The number of anilines is 1. The fourth-order valence-corrected chi connectivity index (χ4v) is 4.84. The van der Waals surface area contributed by atoms with Crippen LogP contribution in [0.1, 0.15) is 44.9 Å². The number of likely N-dealkylation sites (tertiary alicyclic amines) is 1. The highest BCUT2D eigenvalue weighted by molar-refractivity contribution is 5.89. The Labute approximate surface area is 173 Å². The van der Waals surface area contributed by atoms with Crippen molar-refractivity contribution < 1.29 is 9.59 Å². The van der Waals surface area contributed by atoms with Crippen LogP contribution in [0.5, 0.6) is 0 Å². The van der Waals surface area contributed by atoms with Crippen molar-refractivity contribution in [2.45, 2.75) is 63.1 Å². The van der Waals surface area contributed by atoms with Gasteiger partial charge in [0.25, 0.3) is 0 Å². The summed E-state index contributed by atoms with van der Waals surface area (Å²) >= 11 is 0. The summed E-state index contributed by atoms with van der Waals surface area (Å²) in [5.74, 6) is 0.717. The monoisotopic (exact) mass is 406 g/mol. The Morgan fingerprint density at radius 2 is 1.64 bits per heavy atom. The summed E-state index contributed by atoms with van der Waals surface area (Å²) in [7, 11) is 0. The number of benzene rings is 1. The van der Waals surface area contributed by atoms with Crippen molar-refractivity contribution in [3.8, 4) is 0 Å². The lowest BCUT2D eigenvalue weighted by atomic mass is 9.89. The molecule has 28 heavy (non-hydrogen) atoms. The van der Waals surface area contributed by atoms with Crippen molar-refractivity contribution in [3.63, 3.8) is 0 Å². The Morgan fingerprint density at radius 3 is 2.29 bits per heavy atom. The second-order valence-corrected chi connectivity index (χ2v) is 8.30. The van der Waals surface area contributed by atoms with Crippen molar-refractivity contribution >= 4 is 30.0 Å². The van der Waals surface area contributed by atoms with Crippen LogP contribution in [-0.4, -0.2) is 48.1 Å². The SMILES string of the molecule is Cl.O=C(CC1CC2CCC(C1)N2)NC1CCN(C(=O)Nc2ccccc2)CC1. The topological polar surface area (TPSA) is 73.5 Å². The molecule has 4 rings (SSSR count). The number of carbonyl (C=O) groups is 2. The zero-order valence-electron chi connectivity index (χ0n) is 16.2. The number of nitrogens with zero attached hydrogens (tertiary/aromatic N) is 1. The number of halogens is 1. The van der Waals surface area contributed by atoms with E-state index in [1.54, 1.807) is 0 Å². The van der Waals surface area contributed by atoms with E-state index < -0.39 is 0 Å². The van der Waals surface area contributed by atoms with E-state index >= 15 is 0 Å². The summed E-state index contributed by atoms with van der Waals surface area (Å²) in [5.41, 5.74) is 0.814. The minimum Gasteiger partial charge on any atom is -0.353 e. The molecule has 3 fully saturated rings. The first-order valence-corrected chi connectivity index (χ1v) is 10.3. The van der Waals surface area contributed by atoms with Gasteiger partial charge in [-0.2, -0.15) is 0 Å². The number of urea groups is 1. The number of hydrogen-bond acceptors (Lipinski definition) is 3. The normalized spacial score (nSPS) is 27.0. The minimum absolute atomic E-state index is 0. The molecule has 3 aliphatic rings. The largest absolute Gasteiger partial charge is 0.353 e. The highest BCUT2D eigenvalue weighted by Gasteiger charge is 2.34. The van der Waals surface area contributed by atoms with Crippen LogP contribution >= 0.6 is 12.4 Å². The van der Waals surface area contributed by atoms with Crippen molar-refractivity contribution in [1.29, 1.82) is 0 Å². The molecule has 1 aromatic carbocycles. The third-order valence-corrected chi connectivity index (χ3v) is 6.22. The molecule has 3 heterocycles. The van der Waals surface area contributed by atoms with Crippen molar-refractivity contribution in [2.24, 2.45) is 5.92 Å². The van der Waals surface area contributed by atoms with E-state index in [-0.39, 0.29) is 30.4 Å². The molecule has 0 spiro atoms. The van der Waals surface area contributed by atoms with Gasteiger partial charge < -0.3 is 20.9 Å². The van der Waals surface area contributed by atoms with Crippen LogP contribution in [0.15, 0.2) is 30.3 Å². The standard InChI is InChI=1S/C21H30N4O2.ClH/c26-20(14-15-12-18-6-7-19(13-15)22-18)23-17-8-10-25(11-9-17)21(27)24-16-4-2-1-3-5-16;/h1-5,15,17-19,22H,6-14H2,(H,23,26)(H,24,27);1H. The molecule has 2 unspecified atom stereocenters. The van der Waals surface area contributed by atoms with Gasteiger partial charge in [-0.3, -0.25) is 4.79 Å². The second-order valence-electron chi connectivity index (χ2n) is 8.30. The number of nitrogens with one attached hydrogen (secondary N) is 3. The molecule has 3 saturated heterocycles. The first-order chi connectivity index (χ1) is 13.2. The first kappa shape index (κ1) is 20.9. The molecular weight excluding hydrogens is 376 g/mol. The predicted octanol–water partition coefficient (Wildman–Crippen LogP) is 3.14. The van der Waals surface area contributed by atoms with E-state index in [0.717, 1.165) is 31.4 Å². The average molecular weight is 407 g/mol. The average Bonchev–Trinajstić information content (AvgIpc) is 3.01. The lowest BCUT2D eigenvalue weighted by Crippen LogP contribution is -2.48. The van der Waals surface area contributed by atoms with E-state index in [1.807, 2.05) is 35.2 Å². The second kappa shape index (κ2) is 9.61. The fraction of sp³-hybridized carbons (Fsp3) is 0.619. The Hall–Kier alpha value is -1.79. The lowest BCUT2D eigenvalue weighted by molar-refractivity contribution is -0.123. The molecular formula is C21H31ClN4O2. The van der Waals surface area contributed by atoms with Crippen LogP contribution in [0.3, 0.4) is 0 Å². The zero-order chi connectivity index (χ0) is 18.6. The van der Waals surface area contributed by atoms with Gasteiger partial charge in [-0.05, 0) is 56.6 Å². The third-order valence-electron chi connectivity index (χ3n) is 6.22. The van der Waals surface area contributed by atoms with E-state index in [2.05, 4.69) is 16.0 Å². The maximum atomic E-state index is 12.4. The van der Waals surface area contributed by atoms with Crippen LogP contribution in [0.2, 0.25) is 0 Å². The molecule has 3 aliphatic heterocycles. The Morgan fingerprint density at radius 1 is 1.00 bits per heavy atom. The molecule has 7 heteroatoms. The van der Waals surface area contributed by atoms with Gasteiger partial charge in [0, 0.05) is 43.3 Å². The van der Waals surface area contributed by atoms with Crippen LogP contribution in [0, 0.1) is 5.92 Å². The van der Waals surface area contributed by atoms with Crippen molar-refractivity contribution in [2.75, 3.05) is 18.4 Å². The summed E-state index contributed by atoms with van der Waals surface area (Å²) in [4.78, 5) is 26.6. The van der Waals surface area contributed by atoms with Gasteiger partial charge >= 0.3 is 6.03 Å². The molecule has 0 aromatic heterocycles. The van der Waals surface area contributed by atoms with Crippen LogP contribution in [0.25, 0.3) is 0 Å². The molecule has 3 amide bonds. The van der Waals surface area contributed by atoms with Crippen molar-refractivity contribution in [1.82, 2.24) is 15.5 Å². The summed E-state index contributed by atoms with van der Waals surface area (Å²) in [6.07, 6.45) is 7.13. The maximum absolute atomic E-state index is 12.4. The zero-order valence-corrected chi connectivity index (χ0v) is 17.0. The number of para-hydroxylation sites is 1. The predicted molar refractivity (Wildman–Crippen MR) is 113 cm³/mol. The number of rotatable bonds is 4. The first-order valence-electron chi connectivity index (χ1n) is 10.3. The molecule has 0 saturated carbocycles. The molecule has 1 aromatic rings. The minimum atomic E-state index is -0.0591. The molecule has 154 valence electrons. The van der Waals surface area contributed by atoms with E-state index in [4.69, 9.17) is 0 Å². The summed E-state index contributed by atoms with van der Waals surface area (Å²) < 4.78 is 0. The van der Waals surface area contributed by atoms with Gasteiger partial charge in [-0.15, -0.1) is 12.4 Å². The van der Waals surface area contributed by atoms with E-state index in [0.29, 0.717) is 37.5 Å². The Bertz CT molecular complexity index is 652. The number of carbonyl (C=O) groups excluding carboxylic acids is 2. The Kier molecular flexibility index (Phi) is 7.18. The van der Waals surface area contributed by atoms with Gasteiger partial charge in [0.1, 0.15) is 0 Å². The number of amides is 3. The highest BCUT2D eigenvalue weighted by Crippen LogP contribution is 2.32. The van der Waals surface area contributed by atoms with Gasteiger partial charge in [0.05, 0.1) is 0 Å². The maximum Gasteiger partial charge on any atom is 0.321 e. The molecule has 2 atom stereocenters. The summed E-state index contributed by atoms with van der Waals surface area (Å²) in [5, 5.41) is 9.77. The molecule has 3 N–H and O–H groups in total. The quantitative estimate of drug-likeness (QED) is 0.719. The van der Waals surface area contributed by atoms with Gasteiger partial charge in [0.2, 0.25) is 5.91 Å². The summed E-state index contributed by atoms with van der Waals surface area (Å²) in [6, 6.07) is 10.9. The molecule has 0 radical (unpaired) electrons. The van der Waals surface area contributed by atoms with Crippen molar-refractivity contribution in [3.05, 3.63) is 30.3 Å². The fourth-order valence-electron chi connectivity index (χ4n) is 4.84. The van der Waals surface area contributed by atoms with Crippen LogP contribution in [-0.2, 0) is 4.79 Å². The molecule has 0 aliphatic carbocycles. The van der Waals surface area contributed by atoms with Gasteiger partial charge in [0.15, 0.2) is 0 Å².